The number of nitrogens with zero attached hydrogens (tertiary/aromatic N) is 2. The van der Waals surface area contributed by atoms with Gasteiger partial charge in [0.2, 0.25) is 5.89 Å². The summed E-state index contributed by atoms with van der Waals surface area (Å²) in [5.74, 6) is 0.397. The van der Waals surface area contributed by atoms with Crippen LogP contribution in [0.2, 0.25) is 0 Å². The Hall–Kier alpha value is -1.31. The summed E-state index contributed by atoms with van der Waals surface area (Å²) in [4.78, 5) is 0. The van der Waals surface area contributed by atoms with Crippen LogP contribution < -0.4 is 10.6 Å². The number of anilines is 1. The molecule has 1 aromatic heterocycles. The van der Waals surface area contributed by atoms with Gasteiger partial charge in [-0.25, -0.2) is 0 Å². The van der Waals surface area contributed by atoms with E-state index in [2.05, 4.69) is 20.8 Å². The molecule has 1 aromatic rings. The lowest BCUT2D eigenvalue weighted by Gasteiger charge is -2.18. The third-order valence-corrected chi connectivity index (χ3v) is 2.15. The molecule has 0 saturated carbocycles. The van der Waals surface area contributed by atoms with Crippen LogP contribution >= 0.6 is 0 Å². The lowest BCUT2D eigenvalue weighted by atomic mass is 10.1. The maximum atomic E-state index is 11.9. The Bertz CT molecular complexity index is 384. The zero-order valence-electron chi connectivity index (χ0n) is 11.3. The summed E-state index contributed by atoms with van der Waals surface area (Å²) < 4.78 is 41.0. The quantitative estimate of drug-likeness (QED) is 0.784. The average molecular weight is 280 g/mol. The van der Waals surface area contributed by atoms with Crippen LogP contribution in [-0.2, 0) is 6.54 Å². The molecule has 0 aromatic carbocycles. The molecule has 0 aliphatic rings. The number of aromatic nitrogens is 2. The number of hydrogen-bond donors (Lipinski definition) is 2. The summed E-state index contributed by atoms with van der Waals surface area (Å²) in [6.45, 7) is 6.56. The topological polar surface area (TPSA) is 63.0 Å². The smallest absolute Gasteiger partial charge is 0.389 e. The van der Waals surface area contributed by atoms with E-state index in [0.29, 0.717) is 12.4 Å². The van der Waals surface area contributed by atoms with Gasteiger partial charge in [-0.3, -0.25) is 0 Å². The molecule has 0 saturated heterocycles. The van der Waals surface area contributed by atoms with Crippen LogP contribution in [0.4, 0.5) is 19.2 Å². The molecule has 0 unspecified atom stereocenters. The second-order valence-corrected chi connectivity index (χ2v) is 5.25. The number of alkyl halides is 3. The lowest BCUT2D eigenvalue weighted by Crippen LogP contribution is -2.35. The van der Waals surface area contributed by atoms with Gasteiger partial charge in [-0.1, -0.05) is 5.10 Å². The Labute approximate surface area is 110 Å². The van der Waals surface area contributed by atoms with Crippen LogP contribution in [-0.4, -0.2) is 28.5 Å². The zero-order chi connectivity index (χ0) is 14.5. The monoisotopic (exact) mass is 280 g/mol. The van der Waals surface area contributed by atoms with Gasteiger partial charge < -0.3 is 15.1 Å². The molecule has 0 spiro atoms. The van der Waals surface area contributed by atoms with Crippen molar-refractivity contribution in [1.29, 1.82) is 0 Å². The third-order valence-electron chi connectivity index (χ3n) is 2.15. The first-order valence-electron chi connectivity index (χ1n) is 6.04. The molecule has 0 radical (unpaired) electrons. The van der Waals surface area contributed by atoms with E-state index in [0.717, 1.165) is 0 Å². The van der Waals surface area contributed by atoms with Gasteiger partial charge in [-0.2, -0.15) is 13.2 Å². The van der Waals surface area contributed by atoms with Crippen LogP contribution in [0.5, 0.6) is 0 Å². The molecule has 2 N–H and O–H groups in total. The zero-order valence-corrected chi connectivity index (χ0v) is 11.3. The fraction of sp³-hybridized carbons (Fsp3) is 0.818. The molecule has 0 fully saturated rings. The van der Waals surface area contributed by atoms with Crippen molar-refractivity contribution in [3.05, 3.63) is 5.89 Å². The van der Waals surface area contributed by atoms with Crippen molar-refractivity contribution < 1.29 is 17.6 Å². The van der Waals surface area contributed by atoms with E-state index >= 15 is 0 Å². The summed E-state index contributed by atoms with van der Waals surface area (Å²) in [5, 5.41) is 13.3. The second-order valence-electron chi connectivity index (χ2n) is 5.25. The van der Waals surface area contributed by atoms with E-state index in [1.165, 1.54) is 0 Å². The summed E-state index contributed by atoms with van der Waals surface area (Å²) in [6, 6.07) is 0.146. The predicted octanol–water partition coefficient (Wildman–Crippen LogP) is 2.71. The first-order chi connectivity index (χ1) is 8.66. The van der Waals surface area contributed by atoms with E-state index in [4.69, 9.17) is 4.42 Å². The molecule has 1 rings (SSSR count). The molecular formula is C11H19F3N4O. The van der Waals surface area contributed by atoms with Gasteiger partial charge >= 0.3 is 12.2 Å². The first kappa shape index (κ1) is 15.7. The molecule has 19 heavy (non-hydrogen) atoms. The minimum atomic E-state index is -4.13. The van der Waals surface area contributed by atoms with Gasteiger partial charge in [0, 0.05) is 18.5 Å². The van der Waals surface area contributed by atoms with Gasteiger partial charge in [0.15, 0.2) is 0 Å². The van der Waals surface area contributed by atoms with E-state index in [-0.39, 0.29) is 24.5 Å². The molecule has 8 heteroatoms. The Morgan fingerprint density at radius 1 is 1.16 bits per heavy atom. The Kier molecular flexibility index (Phi) is 5.16. The largest absolute Gasteiger partial charge is 0.407 e. The summed E-state index contributed by atoms with van der Waals surface area (Å²) in [6.07, 6.45) is -4.98. The molecule has 0 aliphatic carbocycles. The van der Waals surface area contributed by atoms with Gasteiger partial charge in [0.1, 0.15) is 0 Å². The number of hydrogen-bond acceptors (Lipinski definition) is 5. The minimum absolute atomic E-state index is 0.0263. The van der Waals surface area contributed by atoms with E-state index in [1.54, 1.807) is 0 Å². The fourth-order valence-corrected chi connectivity index (χ4v) is 1.22. The molecule has 0 atom stereocenters. The van der Waals surface area contributed by atoms with E-state index in [9.17, 15) is 13.2 Å². The van der Waals surface area contributed by atoms with Crippen molar-refractivity contribution in [3.63, 3.8) is 0 Å². The van der Waals surface area contributed by atoms with Gasteiger partial charge in [-0.05, 0) is 27.2 Å². The lowest BCUT2D eigenvalue weighted by molar-refractivity contribution is -0.134. The normalized spacial score (nSPS) is 12.7. The van der Waals surface area contributed by atoms with Crippen LogP contribution in [0.1, 0.15) is 39.5 Å². The maximum Gasteiger partial charge on any atom is 0.389 e. The number of rotatable bonds is 6. The average Bonchev–Trinajstić information content (AvgIpc) is 2.67. The Morgan fingerprint density at radius 3 is 2.42 bits per heavy atom. The summed E-state index contributed by atoms with van der Waals surface area (Å²) >= 11 is 0. The second kappa shape index (κ2) is 6.23. The van der Waals surface area contributed by atoms with Gasteiger partial charge in [0.05, 0.1) is 6.54 Å². The van der Waals surface area contributed by atoms with Gasteiger partial charge in [-0.15, -0.1) is 5.10 Å². The molecular weight excluding hydrogens is 261 g/mol. The van der Waals surface area contributed by atoms with Gasteiger partial charge in [0.25, 0.3) is 0 Å². The summed E-state index contributed by atoms with van der Waals surface area (Å²) in [7, 11) is 0. The van der Waals surface area contributed by atoms with Crippen molar-refractivity contribution >= 4 is 6.01 Å². The molecule has 0 amide bonds. The molecule has 0 bridgehead atoms. The Morgan fingerprint density at radius 2 is 1.84 bits per heavy atom. The number of halogens is 3. The molecule has 0 aliphatic heterocycles. The van der Waals surface area contributed by atoms with Crippen LogP contribution in [0.15, 0.2) is 4.42 Å². The van der Waals surface area contributed by atoms with Crippen molar-refractivity contribution in [3.8, 4) is 0 Å². The Balaban J connectivity index is 2.27. The van der Waals surface area contributed by atoms with Crippen LogP contribution in [0, 0.1) is 0 Å². The van der Waals surface area contributed by atoms with Crippen molar-refractivity contribution in [2.24, 2.45) is 0 Å². The summed E-state index contributed by atoms with van der Waals surface area (Å²) in [5.41, 5.74) is -0.0746. The fourth-order valence-electron chi connectivity index (χ4n) is 1.22. The van der Waals surface area contributed by atoms with Crippen LogP contribution in [0.3, 0.4) is 0 Å². The van der Waals surface area contributed by atoms with E-state index < -0.39 is 12.6 Å². The number of nitrogens with one attached hydrogen (secondary N) is 2. The van der Waals surface area contributed by atoms with E-state index in [1.807, 2.05) is 20.8 Å². The predicted molar refractivity (Wildman–Crippen MR) is 64.7 cm³/mol. The maximum absolute atomic E-state index is 11.9. The van der Waals surface area contributed by atoms with Crippen molar-refractivity contribution in [2.75, 3.05) is 11.9 Å². The molecule has 1 heterocycles. The molecule has 5 nitrogen and oxygen atoms in total. The highest BCUT2D eigenvalue weighted by Gasteiger charge is 2.25. The highest BCUT2D eigenvalue weighted by molar-refractivity contribution is 5.16. The highest BCUT2D eigenvalue weighted by Crippen LogP contribution is 2.21. The highest BCUT2D eigenvalue weighted by atomic mass is 19.4. The minimum Gasteiger partial charge on any atom is -0.407 e. The van der Waals surface area contributed by atoms with Crippen molar-refractivity contribution in [2.45, 2.75) is 51.9 Å². The first-order valence-corrected chi connectivity index (χ1v) is 6.04. The standard InChI is InChI=1S/C11H19F3N4O/c1-10(2,3)16-7-8-17-18-9(19-8)15-6-4-5-11(12,13)14/h16H,4-7H2,1-3H3,(H,15,18). The van der Waals surface area contributed by atoms with Crippen molar-refractivity contribution in [1.82, 2.24) is 15.5 Å². The SMILES string of the molecule is CC(C)(C)NCc1nnc(NCCCC(F)(F)F)o1. The third kappa shape index (κ3) is 7.66. The molecule has 110 valence electrons. The van der Waals surface area contributed by atoms with Crippen LogP contribution in [0.25, 0.3) is 0 Å².